The van der Waals surface area contributed by atoms with Crippen molar-refractivity contribution in [3.8, 4) is 0 Å². The molecule has 2 N–H and O–H groups in total. The predicted octanol–water partition coefficient (Wildman–Crippen LogP) is 5.37. The van der Waals surface area contributed by atoms with Crippen molar-refractivity contribution in [2.45, 2.75) is 39.8 Å². The topological polar surface area (TPSA) is 24.1 Å². The first-order valence-corrected chi connectivity index (χ1v) is 8.75. The van der Waals surface area contributed by atoms with E-state index in [0.717, 1.165) is 13.1 Å². The van der Waals surface area contributed by atoms with Crippen LogP contribution in [0.1, 0.15) is 50.9 Å². The monoisotopic (exact) mass is 390 g/mol. The van der Waals surface area contributed by atoms with Crippen molar-refractivity contribution in [3.05, 3.63) is 85.6 Å². The van der Waals surface area contributed by atoms with Crippen molar-refractivity contribution in [3.63, 3.8) is 0 Å². The first kappa shape index (κ1) is 26.2. The maximum absolute atomic E-state index is 3.54. The van der Waals surface area contributed by atoms with Crippen LogP contribution in [0, 0.1) is 13.8 Å². The van der Waals surface area contributed by atoms with Crippen molar-refractivity contribution in [1.29, 1.82) is 0 Å². The van der Waals surface area contributed by atoms with Gasteiger partial charge >= 0.3 is 19.5 Å². The second-order valence-corrected chi connectivity index (χ2v) is 5.17. The Hall–Kier alpha value is -1.02. The summed E-state index contributed by atoms with van der Waals surface area (Å²) in [6.45, 7) is 16.3. The zero-order valence-corrected chi connectivity index (χ0v) is 19.4. The van der Waals surface area contributed by atoms with E-state index in [0.29, 0.717) is 12.1 Å². The second kappa shape index (κ2) is 17.8. The van der Waals surface area contributed by atoms with Crippen LogP contribution in [0.3, 0.4) is 0 Å². The molecule has 0 bridgehead atoms. The van der Waals surface area contributed by atoms with Crippen LogP contribution >= 0.6 is 0 Å². The van der Waals surface area contributed by atoms with Gasteiger partial charge in [0.25, 0.3) is 0 Å². The van der Waals surface area contributed by atoms with Crippen LogP contribution in [0.25, 0.3) is 0 Å². The van der Waals surface area contributed by atoms with E-state index in [1.165, 1.54) is 11.1 Å². The molecular formula is C22H34N2Zn. The molecule has 0 aliphatic heterocycles. The summed E-state index contributed by atoms with van der Waals surface area (Å²) >= 11 is 0. The Balaban J connectivity index is 0. The third kappa shape index (κ3) is 11.3. The Morgan fingerprint density at radius 3 is 1.20 bits per heavy atom. The van der Waals surface area contributed by atoms with Gasteiger partial charge in [-0.15, -0.1) is 0 Å². The Kier molecular flexibility index (Phi) is 18.7. The number of benzene rings is 2. The van der Waals surface area contributed by atoms with Crippen LogP contribution in [0.5, 0.6) is 0 Å². The molecule has 0 aliphatic carbocycles. The van der Waals surface area contributed by atoms with E-state index in [1.54, 1.807) is 13.8 Å². The van der Waals surface area contributed by atoms with Gasteiger partial charge in [-0.2, -0.15) is 13.8 Å². The second-order valence-electron chi connectivity index (χ2n) is 5.17. The van der Waals surface area contributed by atoms with Gasteiger partial charge in [0.05, 0.1) is 0 Å². The molecule has 2 atom stereocenters. The molecule has 0 saturated heterocycles. The molecule has 134 valence electrons. The summed E-state index contributed by atoms with van der Waals surface area (Å²) in [4.78, 5) is 0. The van der Waals surface area contributed by atoms with E-state index in [-0.39, 0.29) is 19.5 Å². The maximum Gasteiger partial charge on any atom is 2.00 e. The summed E-state index contributed by atoms with van der Waals surface area (Å²) in [5, 5.41) is 7.09. The smallest absolute Gasteiger partial charge is 0.346 e. The standard InChI is InChI=1S/C18H24N2.2C2H5.Zn/c1-15(17-9-5-3-6-10-17)19-13-14-20-16(2)18-11-7-4-8-12-18;2*1-2;/h3-12,15-16,19-20H,13-14H2,1-2H3;2*1H2,2H3;/q;2*-1;+2/t15-,16-;;;/m0.../s1. The van der Waals surface area contributed by atoms with E-state index < -0.39 is 0 Å². The molecule has 2 nitrogen and oxygen atoms in total. The average molecular weight is 392 g/mol. The molecule has 0 spiro atoms. The Labute approximate surface area is 168 Å². The van der Waals surface area contributed by atoms with Crippen LogP contribution in [0.2, 0.25) is 0 Å². The quantitative estimate of drug-likeness (QED) is 0.377. The average Bonchev–Trinajstić information content (AvgIpc) is 2.69. The van der Waals surface area contributed by atoms with Crippen LogP contribution in [-0.2, 0) is 19.5 Å². The molecule has 2 aromatic carbocycles. The maximum atomic E-state index is 3.54. The molecule has 0 radical (unpaired) electrons. The van der Waals surface area contributed by atoms with Gasteiger partial charge in [0.1, 0.15) is 0 Å². The molecule has 0 aromatic heterocycles. The van der Waals surface area contributed by atoms with Crippen LogP contribution in [0.15, 0.2) is 60.7 Å². The summed E-state index contributed by atoms with van der Waals surface area (Å²) in [6, 6.07) is 21.9. The van der Waals surface area contributed by atoms with Gasteiger partial charge in [0.2, 0.25) is 0 Å². The van der Waals surface area contributed by atoms with Crippen molar-refractivity contribution in [1.82, 2.24) is 10.6 Å². The summed E-state index contributed by atoms with van der Waals surface area (Å²) in [6.07, 6.45) is 0. The molecule has 0 amide bonds. The normalized spacial score (nSPS) is 11.6. The molecule has 25 heavy (non-hydrogen) atoms. The van der Waals surface area contributed by atoms with Crippen molar-refractivity contribution >= 4 is 0 Å². The molecule has 0 saturated carbocycles. The van der Waals surface area contributed by atoms with Crippen LogP contribution < -0.4 is 10.6 Å². The molecule has 0 aliphatic rings. The van der Waals surface area contributed by atoms with Gasteiger partial charge in [0, 0.05) is 25.2 Å². The van der Waals surface area contributed by atoms with Crippen molar-refractivity contribution in [2.75, 3.05) is 13.1 Å². The largest absolute Gasteiger partial charge is 2.00 e. The first-order valence-electron chi connectivity index (χ1n) is 8.75. The Morgan fingerprint density at radius 1 is 0.640 bits per heavy atom. The fourth-order valence-electron chi connectivity index (χ4n) is 2.30. The molecule has 3 heteroatoms. The molecule has 0 heterocycles. The minimum Gasteiger partial charge on any atom is -0.346 e. The summed E-state index contributed by atoms with van der Waals surface area (Å²) in [5.74, 6) is 0. The molecular weight excluding hydrogens is 358 g/mol. The number of hydrogen-bond donors (Lipinski definition) is 2. The number of rotatable bonds is 7. The Morgan fingerprint density at radius 2 is 0.920 bits per heavy atom. The van der Waals surface area contributed by atoms with Gasteiger partial charge in [-0.05, 0) is 25.0 Å². The third-order valence-corrected chi connectivity index (χ3v) is 3.63. The number of hydrogen-bond acceptors (Lipinski definition) is 2. The minimum atomic E-state index is 0. The summed E-state index contributed by atoms with van der Waals surface area (Å²) in [7, 11) is 0. The van der Waals surface area contributed by atoms with E-state index in [9.17, 15) is 0 Å². The number of nitrogens with one attached hydrogen (secondary N) is 2. The Bertz CT molecular complexity index is 440. The first-order chi connectivity index (χ1) is 11.8. The fourth-order valence-corrected chi connectivity index (χ4v) is 2.30. The van der Waals surface area contributed by atoms with E-state index >= 15 is 0 Å². The fraction of sp³-hybridized carbons (Fsp3) is 0.364. The minimum absolute atomic E-state index is 0. The summed E-state index contributed by atoms with van der Waals surface area (Å²) < 4.78 is 0. The molecule has 0 fully saturated rings. The van der Waals surface area contributed by atoms with Crippen molar-refractivity contribution < 1.29 is 19.5 Å². The SMILES string of the molecule is C[C@H](NCCN[C@@H](C)c1ccccc1)c1ccccc1.[CH2-]C.[CH2-]C.[Zn+2]. The van der Waals surface area contributed by atoms with E-state index in [1.807, 2.05) is 0 Å². The molecule has 0 unspecified atom stereocenters. The van der Waals surface area contributed by atoms with Gasteiger partial charge in [-0.25, -0.2) is 0 Å². The summed E-state index contributed by atoms with van der Waals surface area (Å²) in [5.41, 5.74) is 2.67. The van der Waals surface area contributed by atoms with Crippen LogP contribution in [0.4, 0.5) is 0 Å². The third-order valence-electron chi connectivity index (χ3n) is 3.63. The van der Waals surface area contributed by atoms with Crippen LogP contribution in [-0.4, -0.2) is 13.1 Å². The van der Waals surface area contributed by atoms with Gasteiger partial charge in [0.15, 0.2) is 0 Å². The van der Waals surface area contributed by atoms with Gasteiger partial charge in [-0.1, -0.05) is 60.7 Å². The predicted molar refractivity (Wildman–Crippen MR) is 108 cm³/mol. The van der Waals surface area contributed by atoms with E-state index in [2.05, 4.69) is 99.0 Å². The molecule has 2 rings (SSSR count). The van der Waals surface area contributed by atoms with Gasteiger partial charge < -0.3 is 24.5 Å². The zero-order valence-electron chi connectivity index (χ0n) is 16.5. The van der Waals surface area contributed by atoms with Crippen molar-refractivity contribution in [2.24, 2.45) is 0 Å². The molecule has 2 aromatic rings. The zero-order chi connectivity index (χ0) is 18.2. The van der Waals surface area contributed by atoms with Gasteiger partial charge in [-0.3, -0.25) is 0 Å². The van der Waals surface area contributed by atoms with E-state index in [4.69, 9.17) is 0 Å².